The molecule has 0 aliphatic rings. The number of hydrogen-bond donors (Lipinski definition) is 1. The largest absolute Gasteiger partial charge is 0.460 e. The van der Waals surface area contributed by atoms with Crippen molar-refractivity contribution in [1.29, 1.82) is 0 Å². The van der Waals surface area contributed by atoms with Gasteiger partial charge in [-0.3, -0.25) is 0 Å². The van der Waals surface area contributed by atoms with Gasteiger partial charge in [0.25, 0.3) is 0 Å². The Morgan fingerprint density at radius 3 is 2.91 bits per heavy atom. The third-order valence-electron chi connectivity index (χ3n) is 0.899. The second-order valence-electron chi connectivity index (χ2n) is 1.94. The lowest BCUT2D eigenvalue weighted by atomic mass is 10.4. The van der Waals surface area contributed by atoms with Gasteiger partial charge in [0.1, 0.15) is 12.7 Å². The summed E-state index contributed by atoms with van der Waals surface area (Å²) < 4.78 is 4.57. The van der Waals surface area contributed by atoms with Gasteiger partial charge in [0.15, 0.2) is 0 Å². The molecule has 0 aromatic rings. The Kier molecular flexibility index (Phi) is 5.88. The molecule has 0 amide bonds. The zero-order valence-electron chi connectivity index (χ0n) is 6.29. The van der Waals surface area contributed by atoms with Crippen LogP contribution in [0.5, 0.6) is 0 Å². The van der Waals surface area contributed by atoms with Crippen molar-refractivity contribution >= 4 is 17.6 Å². The number of allylic oxidation sites excluding steroid dienone is 1. The lowest BCUT2D eigenvalue weighted by Gasteiger charge is -2.05. The Morgan fingerprint density at radius 1 is 1.82 bits per heavy atom. The lowest BCUT2D eigenvalue weighted by molar-refractivity contribution is -0.140. The van der Waals surface area contributed by atoms with Crippen LogP contribution in [0.2, 0.25) is 0 Å². The van der Waals surface area contributed by atoms with Gasteiger partial charge in [-0.25, -0.2) is 4.79 Å². The fourth-order valence-corrected chi connectivity index (χ4v) is 0.496. The fraction of sp³-hybridized carbons (Fsp3) is 0.571. The van der Waals surface area contributed by atoms with Crippen LogP contribution in [0.1, 0.15) is 6.92 Å². The summed E-state index contributed by atoms with van der Waals surface area (Å²) in [6.45, 7) is 1.66. The van der Waals surface area contributed by atoms with Gasteiger partial charge in [0.05, 0.1) is 5.88 Å². The lowest BCUT2D eigenvalue weighted by Crippen LogP contribution is -2.18. The highest BCUT2D eigenvalue weighted by Crippen LogP contribution is 1.90. The van der Waals surface area contributed by atoms with Gasteiger partial charge in [-0.05, 0) is 6.92 Å². The molecule has 1 unspecified atom stereocenters. The van der Waals surface area contributed by atoms with E-state index in [-0.39, 0.29) is 12.5 Å². The van der Waals surface area contributed by atoms with Gasteiger partial charge in [0, 0.05) is 6.08 Å². The first kappa shape index (κ1) is 10.5. The molecular weight excluding hydrogens is 168 g/mol. The maximum atomic E-state index is 10.6. The quantitative estimate of drug-likeness (QED) is 0.392. The summed E-state index contributed by atoms with van der Waals surface area (Å²) in [6.07, 6.45) is 2.07. The van der Waals surface area contributed by atoms with Gasteiger partial charge >= 0.3 is 5.97 Å². The summed E-state index contributed by atoms with van der Waals surface area (Å²) in [7, 11) is 0. The monoisotopic (exact) mass is 178 g/mol. The van der Waals surface area contributed by atoms with Crippen molar-refractivity contribution in [3.05, 3.63) is 12.2 Å². The van der Waals surface area contributed by atoms with Gasteiger partial charge < -0.3 is 9.84 Å². The number of hydrogen-bond acceptors (Lipinski definition) is 3. The smallest absolute Gasteiger partial charge is 0.330 e. The molecular formula is C7H11ClO3. The van der Waals surface area contributed by atoms with Gasteiger partial charge in [-0.1, -0.05) is 6.08 Å². The third-order valence-corrected chi connectivity index (χ3v) is 1.26. The Hall–Kier alpha value is -0.540. The van der Waals surface area contributed by atoms with Crippen LogP contribution < -0.4 is 0 Å². The van der Waals surface area contributed by atoms with E-state index in [1.54, 1.807) is 13.0 Å². The number of ether oxygens (including phenoxy) is 1. The highest BCUT2D eigenvalue weighted by molar-refractivity contribution is 6.18. The summed E-state index contributed by atoms with van der Waals surface area (Å²) in [5, 5.41) is 8.84. The number of aliphatic hydroxyl groups excluding tert-OH is 1. The Labute approximate surface area is 70.6 Å². The normalized spacial score (nSPS) is 13.4. The predicted octanol–water partition coefficient (Wildman–Crippen LogP) is 0.705. The maximum Gasteiger partial charge on any atom is 0.330 e. The van der Waals surface area contributed by atoms with Gasteiger partial charge in [-0.2, -0.15) is 0 Å². The molecule has 0 aromatic carbocycles. The Balaban J connectivity index is 3.45. The SMILES string of the molecule is CC=CC(=O)OCC(O)CCl. The van der Waals surface area contributed by atoms with E-state index < -0.39 is 12.1 Å². The number of halogens is 1. The zero-order chi connectivity index (χ0) is 8.69. The number of rotatable bonds is 4. The van der Waals surface area contributed by atoms with Crippen molar-refractivity contribution in [2.24, 2.45) is 0 Å². The summed E-state index contributed by atoms with van der Waals surface area (Å²) >= 11 is 5.25. The number of alkyl halides is 1. The molecule has 0 spiro atoms. The standard InChI is InChI=1S/C7H11ClO3/c1-2-3-7(10)11-5-6(9)4-8/h2-3,6,9H,4-5H2,1H3. The molecule has 1 N–H and O–H groups in total. The summed E-state index contributed by atoms with van der Waals surface area (Å²) in [5.41, 5.74) is 0. The molecule has 4 heteroatoms. The molecule has 0 saturated carbocycles. The van der Waals surface area contributed by atoms with Crippen molar-refractivity contribution in [2.75, 3.05) is 12.5 Å². The molecule has 0 radical (unpaired) electrons. The fourth-order valence-electron chi connectivity index (χ4n) is 0.407. The first-order valence-electron chi connectivity index (χ1n) is 3.24. The Bertz CT molecular complexity index is 145. The highest BCUT2D eigenvalue weighted by Gasteiger charge is 2.03. The van der Waals surface area contributed by atoms with Crippen LogP contribution in [-0.2, 0) is 9.53 Å². The molecule has 3 nitrogen and oxygen atoms in total. The number of esters is 1. The molecule has 0 rings (SSSR count). The van der Waals surface area contributed by atoms with Crippen molar-refractivity contribution in [3.8, 4) is 0 Å². The van der Waals surface area contributed by atoms with Crippen molar-refractivity contribution in [3.63, 3.8) is 0 Å². The molecule has 0 aliphatic carbocycles. The van der Waals surface area contributed by atoms with E-state index in [1.807, 2.05) is 0 Å². The van der Waals surface area contributed by atoms with Crippen LogP contribution in [0.3, 0.4) is 0 Å². The van der Waals surface area contributed by atoms with Crippen LogP contribution in [0, 0.1) is 0 Å². The van der Waals surface area contributed by atoms with E-state index in [2.05, 4.69) is 4.74 Å². The second kappa shape index (κ2) is 6.19. The van der Waals surface area contributed by atoms with E-state index >= 15 is 0 Å². The van der Waals surface area contributed by atoms with E-state index in [0.717, 1.165) is 0 Å². The molecule has 64 valence electrons. The number of carbonyl (C=O) groups is 1. The molecule has 0 fully saturated rings. The minimum absolute atomic E-state index is 0.0489. The molecule has 0 bridgehead atoms. The number of aliphatic hydroxyl groups is 1. The minimum atomic E-state index is -0.772. The minimum Gasteiger partial charge on any atom is -0.460 e. The van der Waals surface area contributed by atoms with Gasteiger partial charge in [-0.15, -0.1) is 11.6 Å². The van der Waals surface area contributed by atoms with E-state index in [4.69, 9.17) is 16.7 Å². The molecule has 0 aromatic heterocycles. The first-order valence-corrected chi connectivity index (χ1v) is 3.77. The van der Waals surface area contributed by atoms with Crippen molar-refractivity contribution in [1.82, 2.24) is 0 Å². The van der Waals surface area contributed by atoms with Crippen molar-refractivity contribution < 1.29 is 14.6 Å². The molecule has 11 heavy (non-hydrogen) atoms. The van der Waals surface area contributed by atoms with Crippen molar-refractivity contribution in [2.45, 2.75) is 13.0 Å². The van der Waals surface area contributed by atoms with Crippen LogP contribution in [0.4, 0.5) is 0 Å². The van der Waals surface area contributed by atoms with Crippen LogP contribution >= 0.6 is 11.6 Å². The number of carbonyl (C=O) groups excluding carboxylic acids is 1. The summed E-state index contributed by atoms with van der Waals surface area (Å²) in [4.78, 5) is 10.6. The molecule has 0 aliphatic heterocycles. The van der Waals surface area contributed by atoms with Crippen LogP contribution in [-0.4, -0.2) is 29.7 Å². The predicted molar refractivity (Wildman–Crippen MR) is 42.5 cm³/mol. The first-order chi connectivity index (χ1) is 5.20. The second-order valence-corrected chi connectivity index (χ2v) is 2.25. The van der Waals surface area contributed by atoms with Gasteiger partial charge in [0.2, 0.25) is 0 Å². The van der Waals surface area contributed by atoms with E-state index in [1.165, 1.54) is 6.08 Å². The van der Waals surface area contributed by atoms with Crippen LogP contribution in [0.25, 0.3) is 0 Å². The maximum absolute atomic E-state index is 10.6. The van der Waals surface area contributed by atoms with Crippen LogP contribution in [0.15, 0.2) is 12.2 Å². The third kappa shape index (κ3) is 5.88. The highest BCUT2D eigenvalue weighted by atomic mass is 35.5. The molecule has 1 atom stereocenters. The topological polar surface area (TPSA) is 46.5 Å². The van der Waals surface area contributed by atoms with E-state index in [9.17, 15) is 4.79 Å². The average molecular weight is 179 g/mol. The molecule has 0 heterocycles. The zero-order valence-corrected chi connectivity index (χ0v) is 7.04. The summed E-state index contributed by atoms with van der Waals surface area (Å²) in [5.74, 6) is -0.389. The summed E-state index contributed by atoms with van der Waals surface area (Å²) in [6, 6.07) is 0. The average Bonchev–Trinajstić information content (AvgIpc) is 2.01. The molecule has 0 saturated heterocycles. The Morgan fingerprint density at radius 2 is 2.45 bits per heavy atom. The van der Waals surface area contributed by atoms with E-state index in [0.29, 0.717) is 0 Å².